The maximum absolute atomic E-state index is 13.1. The Labute approximate surface area is 175 Å². The van der Waals surface area contributed by atoms with Gasteiger partial charge in [-0.15, -0.1) is 0 Å². The van der Waals surface area contributed by atoms with E-state index in [2.05, 4.69) is 11.9 Å². The van der Waals surface area contributed by atoms with Crippen molar-refractivity contribution >= 4 is 29.0 Å². The summed E-state index contributed by atoms with van der Waals surface area (Å²) in [4.78, 5) is 14.9. The van der Waals surface area contributed by atoms with Gasteiger partial charge < -0.3 is 19.5 Å². The molecule has 6 nitrogen and oxygen atoms in total. The van der Waals surface area contributed by atoms with E-state index in [0.29, 0.717) is 22.3 Å². The molecule has 2 bridgehead atoms. The van der Waals surface area contributed by atoms with Crippen LogP contribution in [0.1, 0.15) is 18.5 Å². The molecule has 0 spiro atoms. The van der Waals surface area contributed by atoms with Gasteiger partial charge in [0.15, 0.2) is 5.11 Å². The summed E-state index contributed by atoms with van der Waals surface area (Å²) >= 11 is 5.71. The first-order valence-corrected chi connectivity index (χ1v) is 9.71. The van der Waals surface area contributed by atoms with Gasteiger partial charge in [-0.05, 0) is 37.3 Å². The number of hydrogen-bond donors (Lipinski definition) is 1. The number of carbonyl (C=O) groups excluding carboxylic acids is 1. The lowest BCUT2D eigenvalue weighted by molar-refractivity contribution is -0.159. The molecule has 150 valence electrons. The van der Waals surface area contributed by atoms with Gasteiger partial charge in [-0.3, -0.25) is 9.69 Å². The summed E-state index contributed by atoms with van der Waals surface area (Å²) < 4.78 is 17.4. The maximum Gasteiger partial charge on any atom is 0.317 e. The molecule has 2 heterocycles. The van der Waals surface area contributed by atoms with Gasteiger partial charge in [-0.1, -0.05) is 43.0 Å². The number of fused-ring (bicyclic) bond motifs is 4. The van der Waals surface area contributed by atoms with Crippen molar-refractivity contribution in [1.29, 1.82) is 0 Å². The van der Waals surface area contributed by atoms with E-state index < -0.39 is 11.6 Å². The normalized spacial score (nSPS) is 24.6. The minimum atomic E-state index is -1.12. The van der Waals surface area contributed by atoms with Gasteiger partial charge in [0.2, 0.25) is 5.72 Å². The second-order valence-corrected chi connectivity index (χ2v) is 7.41. The van der Waals surface area contributed by atoms with Crippen molar-refractivity contribution in [3.63, 3.8) is 0 Å². The first-order chi connectivity index (χ1) is 14.0. The van der Waals surface area contributed by atoms with Crippen LogP contribution in [0.3, 0.4) is 0 Å². The van der Waals surface area contributed by atoms with Crippen molar-refractivity contribution in [3.05, 3.63) is 66.7 Å². The van der Waals surface area contributed by atoms with Crippen molar-refractivity contribution in [2.45, 2.75) is 18.7 Å². The highest BCUT2D eigenvalue weighted by Gasteiger charge is 2.60. The number of nitrogens with one attached hydrogen (secondary N) is 1. The fourth-order valence-corrected chi connectivity index (χ4v) is 4.51. The molecule has 1 fully saturated rings. The number of benzene rings is 2. The molecule has 2 aliphatic heterocycles. The van der Waals surface area contributed by atoms with Crippen molar-refractivity contribution in [2.75, 3.05) is 18.6 Å². The summed E-state index contributed by atoms with van der Waals surface area (Å²) in [7, 11) is 1.59. The predicted octanol–water partition coefficient (Wildman–Crippen LogP) is 3.59. The summed E-state index contributed by atoms with van der Waals surface area (Å²) in [5, 5.41) is 3.78. The minimum Gasteiger partial charge on any atom is -0.495 e. The zero-order valence-electron chi connectivity index (χ0n) is 16.3. The highest BCUT2D eigenvalue weighted by molar-refractivity contribution is 7.80. The van der Waals surface area contributed by atoms with Crippen LogP contribution in [-0.4, -0.2) is 30.5 Å². The Morgan fingerprint density at radius 1 is 1.31 bits per heavy atom. The topological polar surface area (TPSA) is 60.0 Å². The molecule has 7 heteroatoms. The van der Waals surface area contributed by atoms with Crippen molar-refractivity contribution in [3.8, 4) is 11.5 Å². The number of para-hydroxylation sites is 3. The molecule has 1 N–H and O–H groups in total. The largest absolute Gasteiger partial charge is 0.495 e. The molecule has 29 heavy (non-hydrogen) atoms. The van der Waals surface area contributed by atoms with Crippen LogP contribution >= 0.6 is 12.2 Å². The fourth-order valence-electron chi connectivity index (χ4n) is 4.10. The standard InChI is InChI=1S/C22H22N2O4S/c1-4-13-27-20(25)18-19-14-9-5-7-11-16(14)28-22(18,2)24(21(29)23-19)15-10-6-8-12-17(15)26-3/h4-12,18-19H,1,13H2,2-3H3,(H,23,29)/t18-,19-,22-/m0/s1. The van der Waals surface area contributed by atoms with Crippen LogP contribution < -0.4 is 19.7 Å². The third-order valence-electron chi connectivity index (χ3n) is 5.33. The molecule has 0 amide bonds. The van der Waals surface area contributed by atoms with Crippen LogP contribution in [0.5, 0.6) is 11.5 Å². The van der Waals surface area contributed by atoms with Crippen LogP contribution in [0.25, 0.3) is 0 Å². The highest BCUT2D eigenvalue weighted by atomic mass is 32.1. The lowest BCUT2D eigenvalue weighted by Gasteiger charge is -2.55. The Balaban J connectivity index is 1.88. The van der Waals surface area contributed by atoms with E-state index in [-0.39, 0.29) is 18.6 Å². The smallest absolute Gasteiger partial charge is 0.317 e. The molecule has 2 aliphatic rings. The van der Waals surface area contributed by atoms with E-state index in [1.165, 1.54) is 0 Å². The Hall–Kier alpha value is -3.06. The Bertz CT molecular complexity index is 979. The van der Waals surface area contributed by atoms with Gasteiger partial charge in [-0.25, -0.2) is 0 Å². The summed E-state index contributed by atoms with van der Waals surface area (Å²) in [6.07, 6.45) is 1.55. The van der Waals surface area contributed by atoms with Gasteiger partial charge in [0.1, 0.15) is 24.0 Å². The molecule has 4 rings (SSSR count). The van der Waals surface area contributed by atoms with Crippen LogP contribution in [0.15, 0.2) is 61.2 Å². The van der Waals surface area contributed by atoms with E-state index >= 15 is 0 Å². The predicted molar refractivity (Wildman–Crippen MR) is 114 cm³/mol. The second-order valence-electron chi connectivity index (χ2n) is 7.03. The van der Waals surface area contributed by atoms with Gasteiger partial charge in [-0.2, -0.15) is 0 Å². The molecular formula is C22H22N2O4S. The lowest BCUT2D eigenvalue weighted by atomic mass is 9.79. The number of esters is 1. The first kappa shape index (κ1) is 19.3. The number of ether oxygens (including phenoxy) is 3. The molecule has 2 aromatic rings. The van der Waals surface area contributed by atoms with E-state index in [0.717, 1.165) is 5.56 Å². The molecule has 0 saturated carbocycles. The Morgan fingerprint density at radius 3 is 2.79 bits per heavy atom. The summed E-state index contributed by atoms with van der Waals surface area (Å²) in [5.41, 5.74) is 0.454. The van der Waals surface area contributed by atoms with Gasteiger partial charge in [0.25, 0.3) is 0 Å². The van der Waals surface area contributed by atoms with Crippen molar-refractivity contribution < 1.29 is 19.0 Å². The molecule has 1 saturated heterocycles. The second kappa shape index (κ2) is 7.40. The first-order valence-electron chi connectivity index (χ1n) is 9.30. The monoisotopic (exact) mass is 410 g/mol. The van der Waals surface area contributed by atoms with Crippen LogP contribution in [0.4, 0.5) is 5.69 Å². The van der Waals surface area contributed by atoms with Crippen LogP contribution in [-0.2, 0) is 9.53 Å². The molecule has 2 aromatic carbocycles. The number of carbonyl (C=O) groups is 1. The molecule has 3 atom stereocenters. The van der Waals surface area contributed by atoms with Crippen LogP contribution in [0, 0.1) is 5.92 Å². The number of rotatable bonds is 5. The number of anilines is 1. The fraction of sp³-hybridized carbons (Fsp3) is 0.273. The summed E-state index contributed by atoms with van der Waals surface area (Å²) in [6, 6.07) is 14.8. The van der Waals surface area contributed by atoms with Crippen molar-refractivity contribution in [1.82, 2.24) is 5.32 Å². The van der Waals surface area contributed by atoms with E-state index in [1.54, 1.807) is 18.1 Å². The van der Waals surface area contributed by atoms with E-state index in [4.69, 9.17) is 26.4 Å². The minimum absolute atomic E-state index is 0.124. The van der Waals surface area contributed by atoms with Gasteiger partial charge in [0.05, 0.1) is 18.8 Å². The third-order valence-corrected chi connectivity index (χ3v) is 5.63. The summed E-state index contributed by atoms with van der Waals surface area (Å²) in [6.45, 7) is 5.61. The average Bonchev–Trinajstić information content (AvgIpc) is 2.71. The van der Waals surface area contributed by atoms with E-state index in [9.17, 15) is 4.79 Å². The Morgan fingerprint density at radius 2 is 2.03 bits per heavy atom. The third kappa shape index (κ3) is 3.02. The summed E-state index contributed by atoms with van der Waals surface area (Å²) in [5.74, 6) is 0.260. The molecular weight excluding hydrogens is 388 g/mol. The zero-order chi connectivity index (χ0) is 20.6. The molecule has 0 aliphatic carbocycles. The van der Waals surface area contributed by atoms with E-state index in [1.807, 2.05) is 55.5 Å². The number of hydrogen-bond acceptors (Lipinski definition) is 5. The molecule has 0 radical (unpaired) electrons. The SMILES string of the molecule is C=CCOC(=O)[C@@H]1[C@H]2NC(=S)N(c3ccccc3OC)[C@@]1(C)Oc1ccccc12. The van der Waals surface area contributed by atoms with Gasteiger partial charge in [0, 0.05) is 5.56 Å². The number of methoxy groups -OCH3 is 1. The Kier molecular flexibility index (Phi) is 4.92. The maximum atomic E-state index is 13.1. The quantitative estimate of drug-likeness (QED) is 0.459. The van der Waals surface area contributed by atoms with Crippen molar-refractivity contribution in [2.24, 2.45) is 5.92 Å². The number of thiocarbonyl (C=S) groups is 1. The highest BCUT2D eigenvalue weighted by Crippen LogP contribution is 2.50. The number of nitrogens with zero attached hydrogens (tertiary/aromatic N) is 1. The molecule has 0 aromatic heterocycles. The zero-order valence-corrected chi connectivity index (χ0v) is 17.1. The lowest BCUT2D eigenvalue weighted by Crippen LogP contribution is -2.71. The van der Waals surface area contributed by atoms with Crippen LogP contribution in [0.2, 0.25) is 0 Å². The average molecular weight is 410 g/mol. The van der Waals surface area contributed by atoms with Gasteiger partial charge >= 0.3 is 5.97 Å². The molecule has 0 unspecified atom stereocenters.